The van der Waals surface area contributed by atoms with Gasteiger partial charge in [0.25, 0.3) is 0 Å². The largest absolute Gasteiger partial charge is 0.496 e. The maximum Gasteiger partial charge on any atom is 0.126 e. The first-order chi connectivity index (χ1) is 8.24. The highest BCUT2D eigenvalue weighted by Crippen LogP contribution is 2.32. The first kappa shape index (κ1) is 11.8. The van der Waals surface area contributed by atoms with Gasteiger partial charge in [-0.15, -0.1) is 0 Å². The summed E-state index contributed by atoms with van der Waals surface area (Å²) in [4.78, 5) is 0. The number of hydrogen-bond acceptors (Lipinski definition) is 2. The van der Waals surface area contributed by atoms with Crippen LogP contribution in [0.15, 0.2) is 42.5 Å². The molecule has 0 saturated carbocycles. The molecular formula is C14H14ClNO. The number of ether oxygens (including phenoxy) is 1. The van der Waals surface area contributed by atoms with Gasteiger partial charge in [-0.25, -0.2) is 0 Å². The van der Waals surface area contributed by atoms with E-state index in [1.54, 1.807) is 7.11 Å². The zero-order valence-electron chi connectivity index (χ0n) is 9.83. The molecule has 0 unspecified atom stereocenters. The molecule has 0 aliphatic rings. The number of rotatable bonds is 3. The average molecular weight is 248 g/mol. The van der Waals surface area contributed by atoms with Crippen LogP contribution in [-0.2, 0) is 0 Å². The third kappa shape index (κ3) is 2.53. The van der Waals surface area contributed by atoms with Gasteiger partial charge in [-0.1, -0.05) is 23.7 Å². The van der Waals surface area contributed by atoms with Gasteiger partial charge in [-0.3, -0.25) is 0 Å². The third-order valence-corrected chi connectivity index (χ3v) is 2.88. The average Bonchev–Trinajstić information content (AvgIpc) is 2.39. The van der Waals surface area contributed by atoms with Crippen molar-refractivity contribution in [2.45, 2.75) is 0 Å². The van der Waals surface area contributed by atoms with E-state index in [4.69, 9.17) is 16.3 Å². The highest BCUT2D eigenvalue weighted by Gasteiger charge is 2.06. The van der Waals surface area contributed by atoms with Crippen molar-refractivity contribution < 1.29 is 4.74 Å². The molecule has 1 N–H and O–H groups in total. The summed E-state index contributed by atoms with van der Waals surface area (Å²) in [6, 6.07) is 13.7. The molecule has 0 aliphatic heterocycles. The lowest BCUT2D eigenvalue weighted by atomic mass is 10.0. The Morgan fingerprint density at radius 3 is 2.35 bits per heavy atom. The Hall–Kier alpha value is -1.67. The quantitative estimate of drug-likeness (QED) is 0.883. The zero-order valence-corrected chi connectivity index (χ0v) is 10.6. The Kier molecular flexibility index (Phi) is 3.55. The Labute approximate surface area is 106 Å². The fourth-order valence-corrected chi connectivity index (χ4v) is 1.89. The van der Waals surface area contributed by atoms with Crippen LogP contribution in [0.25, 0.3) is 11.1 Å². The summed E-state index contributed by atoms with van der Waals surface area (Å²) in [5, 5.41) is 3.80. The van der Waals surface area contributed by atoms with Crippen LogP contribution in [0, 0.1) is 0 Å². The van der Waals surface area contributed by atoms with Crippen molar-refractivity contribution in [3.8, 4) is 16.9 Å². The molecule has 3 heteroatoms. The molecule has 0 spiro atoms. The van der Waals surface area contributed by atoms with E-state index < -0.39 is 0 Å². The molecule has 17 heavy (non-hydrogen) atoms. The summed E-state index contributed by atoms with van der Waals surface area (Å²) in [5.74, 6) is 0.826. The summed E-state index contributed by atoms with van der Waals surface area (Å²) in [6.07, 6.45) is 0. The lowest BCUT2D eigenvalue weighted by Gasteiger charge is -2.09. The number of hydrogen-bond donors (Lipinski definition) is 1. The van der Waals surface area contributed by atoms with Gasteiger partial charge in [0.2, 0.25) is 0 Å². The van der Waals surface area contributed by atoms with Gasteiger partial charge < -0.3 is 10.1 Å². The van der Waals surface area contributed by atoms with Gasteiger partial charge in [-0.05, 0) is 35.9 Å². The molecule has 0 aliphatic carbocycles. The van der Waals surface area contributed by atoms with Gasteiger partial charge in [0.05, 0.1) is 7.11 Å². The first-order valence-electron chi connectivity index (χ1n) is 5.36. The van der Waals surface area contributed by atoms with E-state index >= 15 is 0 Å². The van der Waals surface area contributed by atoms with Crippen LogP contribution in [0.1, 0.15) is 0 Å². The molecule has 0 saturated heterocycles. The van der Waals surface area contributed by atoms with Crippen molar-refractivity contribution in [1.82, 2.24) is 0 Å². The van der Waals surface area contributed by atoms with E-state index in [2.05, 4.69) is 5.32 Å². The molecule has 2 aromatic carbocycles. The van der Waals surface area contributed by atoms with Gasteiger partial charge in [0, 0.05) is 23.3 Å². The zero-order chi connectivity index (χ0) is 12.3. The lowest BCUT2D eigenvalue weighted by molar-refractivity contribution is 0.416. The Morgan fingerprint density at radius 2 is 1.76 bits per heavy atom. The molecule has 0 amide bonds. The highest BCUT2D eigenvalue weighted by molar-refractivity contribution is 6.31. The minimum Gasteiger partial charge on any atom is -0.496 e. The van der Waals surface area contributed by atoms with E-state index in [0.29, 0.717) is 5.02 Å². The summed E-state index contributed by atoms with van der Waals surface area (Å²) in [6.45, 7) is 0. The molecule has 88 valence electrons. The molecule has 0 radical (unpaired) electrons. The minimum atomic E-state index is 0.707. The molecular weight excluding hydrogens is 234 g/mol. The lowest BCUT2D eigenvalue weighted by Crippen LogP contribution is -1.89. The predicted molar refractivity (Wildman–Crippen MR) is 73.0 cm³/mol. The van der Waals surface area contributed by atoms with Gasteiger partial charge in [0.15, 0.2) is 0 Å². The van der Waals surface area contributed by atoms with Gasteiger partial charge in [0.1, 0.15) is 5.75 Å². The van der Waals surface area contributed by atoms with Gasteiger partial charge in [-0.2, -0.15) is 0 Å². The Balaban J connectivity index is 2.47. The molecule has 0 atom stereocenters. The Bertz CT molecular complexity index is 508. The van der Waals surface area contributed by atoms with Crippen LogP contribution in [0.2, 0.25) is 5.02 Å². The van der Waals surface area contributed by atoms with Crippen molar-refractivity contribution in [1.29, 1.82) is 0 Å². The summed E-state index contributed by atoms with van der Waals surface area (Å²) < 4.78 is 5.34. The number of nitrogens with one attached hydrogen (secondary N) is 1. The normalized spacial score (nSPS) is 10.1. The van der Waals surface area contributed by atoms with Crippen LogP contribution >= 0.6 is 11.6 Å². The molecule has 0 bridgehead atoms. The Morgan fingerprint density at radius 1 is 1.06 bits per heavy atom. The molecule has 2 rings (SSSR count). The smallest absolute Gasteiger partial charge is 0.126 e. The molecule has 0 aromatic heterocycles. The fraction of sp³-hybridized carbons (Fsp3) is 0.143. The maximum atomic E-state index is 6.01. The van der Waals surface area contributed by atoms with E-state index in [-0.39, 0.29) is 0 Å². The van der Waals surface area contributed by atoms with Crippen LogP contribution in [0.4, 0.5) is 5.69 Å². The first-order valence-corrected chi connectivity index (χ1v) is 5.74. The molecule has 2 nitrogen and oxygen atoms in total. The number of benzene rings is 2. The van der Waals surface area contributed by atoms with Crippen molar-refractivity contribution in [3.05, 3.63) is 47.5 Å². The van der Waals surface area contributed by atoms with E-state index in [1.807, 2.05) is 49.5 Å². The van der Waals surface area contributed by atoms with E-state index in [0.717, 1.165) is 22.6 Å². The van der Waals surface area contributed by atoms with Crippen LogP contribution in [-0.4, -0.2) is 14.2 Å². The summed E-state index contributed by atoms with van der Waals surface area (Å²) >= 11 is 6.01. The maximum absolute atomic E-state index is 6.01. The fourth-order valence-electron chi connectivity index (χ4n) is 1.72. The van der Waals surface area contributed by atoms with E-state index in [9.17, 15) is 0 Å². The monoisotopic (exact) mass is 247 g/mol. The van der Waals surface area contributed by atoms with E-state index in [1.165, 1.54) is 0 Å². The molecule has 0 fully saturated rings. The second-order valence-corrected chi connectivity index (χ2v) is 4.11. The van der Waals surface area contributed by atoms with Crippen molar-refractivity contribution in [2.24, 2.45) is 0 Å². The number of anilines is 1. The standard InChI is InChI=1S/C14H14ClNO/c1-16-12-6-3-10(4-7-12)13-9-11(15)5-8-14(13)17-2/h3-9,16H,1-2H3. The second kappa shape index (κ2) is 5.11. The molecule has 2 aromatic rings. The number of halogens is 1. The minimum absolute atomic E-state index is 0.707. The second-order valence-electron chi connectivity index (χ2n) is 3.67. The number of methoxy groups -OCH3 is 1. The van der Waals surface area contributed by atoms with Crippen molar-refractivity contribution >= 4 is 17.3 Å². The highest BCUT2D eigenvalue weighted by atomic mass is 35.5. The molecule has 0 heterocycles. The predicted octanol–water partition coefficient (Wildman–Crippen LogP) is 4.06. The summed E-state index contributed by atoms with van der Waals surface area (Å²) in [7, 11) is 3.56. The van der Waals surface area contributed by atoms with Crippen molar-refractivity contribution in [2.75, 3.05) is 19.5 Å². The van der Waals surface area contributed by atoms with Gasteiger partial charge >= 0.3 is 0 Å². The summed E-state index contributed by atoms with van der Waals surface area (Å²) in [5.41, 5.74) is 3.17. The van der Waals surface area contributed by atoms with Crippen LogP contribution in [0.5, 0.6) is 5.75 Å². The van der Waals surface area contributed by atoms with Crippen molar-refractivity contribution in [3.63, 3.8) is 0 Å². The third-order valence-electron chi connectivity index (χ3n) is 2.65. The van der Waals surface area contributed by atoms with Crippen LogP contribution < -0.4 is 10.1 Å². The topological polar surface area (TPSA) is 21.3 Å². The SMILES string of the molecule is CNc1ccc(-c2cc(Cl)ccc2OC)cc1. The van der Waals surface area contributed by atoms with Crippen LogP contribution in [0.3, 0.4) is 0 Å².